The maximum absolute atomic E-state index is 14.1. The Bertz CT molecular complexity index is 1010. The smallest absolute Gasteiger partial charge is 0.284 e. The van der Waals surface area contributed by atoms with Crippen molar-refractivity contribution < 1.29 is 14.8 Å². The SMILES string of the molecule is CCC(C(=O)N1CCc2cc(C(=O)NO)sc2C1)(c1ccccc1)c1ccccc1. The molecule has 0 atom stereocenters. The van der Waals surface area contributed by atoms with Crippen molar-refractivity contribution >= 4 is 23.2 Å². The van der Waals surface area contributed by atoms with Gasteiger partial charge in [0.25, 0.3) is 5.91 Å². The summed E-state index contributed by atoms with van der Waals surface area (Å²) in [5, 5.41) is 8.92. The van der Waals surface area contributed by atoms with E-state index >= 15 is 0 Å². The molecule has 1 aliphatic heterocycles. The Morgan fingerprint density at radius 2 is 1.67 bits per heavy atom. The van der Waals surface area contributed by atoms with E-state index in [1.807, 2.05) is 71.6 Å². The zero-order chi connectivity index (χ0) is 21.1. The van der Waals surface area contributed by atoms with Gasteiger partial charge in [0.1, 0.15) is 0 Å². The van der Waals surface area contributed by atoms with Gasteiger partial charge < -0.3 is 4.90 Å². The average molecular weight is 421 g/mol. The highest BCUT2D eigenvalue weighted by Crippen LogP contribution is 2.39. The third-order valence-electron chi connectivity index (χ3n) is 5.92. The van der Waals surface area contributed by atoms with Crippen LogP contribution in [-0.2, 0) is 23.2 Å². The Kier molecular flexibility index (Phi) is 5.70. The Balaban J connectivity index is 1.73. The predicted octanol–water partition coefficient (Wildman–Crippen LogP) is 4.15. The van der Waals surface area contributed by atoms with Crippen LogP contribution in [0.5, 0.6) is 0 Å². The maximum atomic E-state index is 14.1. The summed E-state index contributed by atoms with van der Waals surface area (Å²) in [6.45, 7) is 3.13. The number of nitrogens with zero attached hydrogens (tertiary/aromatic N) is 1. The molecule has 2 amide bonds. The molecule has 2 heterocycles. The summed E-state index contributed by atoms with van der Waals surface area (Å²) in [5.41, 5.74) is 3.98. The molecule has 3 aromatic rings. The van der Waals surface area contributed by atoms with E-state index in [0.29, 0.717) is 30.8 Å². The maximum Gasteiger partial charge on any atom is 0.284 e. The molecule has 0 unspecified atom stereocenters. The highest BCUT2D eigenvalue weighted by Gasteiger charge is 2.43. The molecule has 0 bridgehead atoms. The van der Waals surface area contributed by atoms with E-state index in [1.54, 1.807) is 5.48 Å². The minimum Gasteiger partial charge on any atom is -0.336 e. The third-order valence-corrected chi connectivity index (χ3v) is 7.08. The lowest BCUT2D eigenvalue weighted by molar-refractivity contribution is -0.137. The standard InChI is InChI=1S/C24H24N2O3S/c1-2-24(18-9-5-3-6-10-18,19-11-7-4-8-12-19)23(28)26-14-13-17-15-20(22(27)25-29)30-21(17)16-26/h3-12,15,29H,2,13-14,16H2,1H3,(H,25,27). The lowest BCUT2D eigenvalue weighted by Gasteiger charge is -2.39. The van der Waals surface area contributed by atoms with Crippen molar-refractivity contribution in [1.82, 2.24) is 10.4 Å². The summed E-state index contributed by atoms with van der Waals surface area (Å²) >= 11 is 1.33. The van der Waals surface area contributed by atoms with Crippen molar-refractivity contribution in [2.24, 2.45) is 0 Å². The summed E-state index contributed by atoms with van der Waals surface area (Å²) < 4.78 is 0. The van der Waals surface area contributed by atoms with Gasteiger partial charge in [-0.3, -0.25) is 14.8 Å². The Morgan fingerprint density at radius 3 is 2.20 bits per heavy atom. The van der Waals surface area contributed by atoms with Crippen LogP contribution in [-0.4, -0.2) is 28.5 Å². The van der Waals surface area contributed by atoms with Gasteiger partial charge in [0.05, 0.1) is 16.8 Å². The van der Waals surface area contributed by atoms with Gasteiger partial charge in [-0.2, -0.15) is 0 Å². The number of amides is 2. The van der Waals surface area contributed by atoms with Crippen molar-refractivity contribution in [3.05, 3.63) is 93.2 Å². The number of carbonyl (C=O) groups excluding carboxylic acids is 2. The first kappa shape index (κ1) is 20.3. The molecule has 2 aromatic carbocycles. The molecule has 30 heavy (non-hydrogen) atoms. The average Bonchev–Trinajstić information content (AvgIpc) is 3.24. The van der Waals surface area contributed by atoms with Gasteiger partial charge in [-0.05, 0) is 35.6 Å². The second-order valence-electron chi connectivity index (χ2n) is 7.47. The van der Waals surface area contributed by atoms with Gasteiger partial charge >= 0.3 is 0 Å². The Morgan fingerprint density at radius 1 is 1.07 bits per heavy atom. The van der Waals surface area contributed by atoms with Gasteiger partial charge in [0.15, 0.2) is 0 Å². The van der Waals surface area contributed by atoms with Crippen LogP contribution < -0.4 is 5.48 Å². The molecule has 0 spiro atoms. The van der Waals surface area contributed by atoms with E-state index in [1.165, 1.54) is 11.3 Å². The van der Waals surface area contributed by atoms with Crippen LogP contribution in [0.4, 0.5) is 0 Å². The molecule has 5 nitrogen and oxygen atoms in total. The first-order valence-corrected chi connectivity index (χ1v) is 10.9. The second-order valence-corrected chi connectivity index (χ2v) is 8.60. The molecule has 6 heteroatoms. The molecule has 0 saturated carbocycles. The zero-order valence-electron chi connectivity index (χ0n) is 16.8. The number of nitrogens with one attached hydrogen (secondary N) is 1. The molecule has 0 aliphatic carbocycles. The largest absolute Gasteiger partial charge is 0.336 e. The van der Waals surface area contributed by atoms with Crippen LogP contribution in [0.1, 0.15) is 44.6 Å². The lowest BCUT2D eigenvalue weighted by Crippen LogP contribution is -2.48. The van der Waals surface area contributed by atoms with Crippen LogP contribution in [0, 0.1) is 0 Å². The van der Waals surface area contributed by atoms with Crippen LogP contribution in [0.25, 0.3) is 0 Å². The van der Waals surface area contributed by atoms with E-state index in [9.17, 15) is 9.59 Å². The van der Waals surface area contributed by atoms with Crippen molar-refractivity contribution in [2.75, 3.05) is 6.54 Å². The van der Waals surface area contributed by atoms with Crippen LogP contribution in [0.2, 0.25) is 0 Å². The lowest BCUT2D eigenvalue weighted by atomic mass is 9.71. The highest BCUT2D eigenvalue weighted by molar-refractivity contribution is 7.14. The molecule has 1 aliphatic rings. The number of hydroxylamine groups is 1. The van der Waals surface area contributed by atoms with Crippen molar-refractivity contribution in [2.45, 2.75) is 31.7 Å². The van der Waals surface area contributed by atoms with E-state index in [0.717, 1.165) is 21.6 Å². The van der Waals surface area contributed by atoms with Crippen molar-refractivity contribution in [3.63, 3.8) is 0 Å². The topological polar surface area (TPSA) is 69.6 Å². The Labute approximate surface area is 179 Å². The minimum atomic E-state index is -0.761. The molecule has 0 fully saturated rings. The van der Waals surface area contributed by atoms with Crippen molar-refractivity contribution in [1.29, 1.82) is 0 Å². The number of thiophene rings is 1. The molecular weight excluding hydrogens is 396 g/mol. The first-order valence-electron chi connectivity index (χ1n) is 10.1. The predicted molar refractivity (Wildman–Crippen MR) is 117 cm³/mol. The van der Waals surface area contributed by atoms with E-state index in [2.05, 4.69) is 6.92 Å². The molecule has 0 radical (unpaired) electrons. The summed E-state index contributed by atoms with van der Waals surface area (Å²) in [6, 6.07) is 21.8. The highest BCUT2D eigenvalue weighted by atomic mass is 32.1. The van der Waals surface area contributed by atoms with Gasteiger partial charge in [-0.25, -0.2) is 5.48 Å². The molecule has 2 N–H and O–H groups in total. The third kappa shape index (κ3) is 3.42. The quantitative estimate of drug-likeness (QED) is 0.481. The second kappa shape index (κ2) is 8.42. The normalized spacial score (nSPS) is 13.6. The summed E-state index contributed by atoms with van der Waals surface area (Å²) in [7, 11) is 0. The number of carbonyl (C=O) groups is 2. The number of benzene rings is 2. The monoisotopic (exact) mass is 420 g/mol. The minimum absolute atomic E-state index is 0.0783. The van der Waals surface area contributed by atoms with E-state index < -0.39 is 11.3 Å². The number of hydrogen-bond acceptors (Lipinski definition) is 4. The Hall–Kier alpha value is -2.96. The summed E-state index contributed by atoms with van der Waals surface area (Å²) in [4.78, 5) is 29.2. The summed E-state index contributed by atoms with van der Waals surface area (Å²) in [6.07, 6.45) is 1.34. The van der Waals surface area contributed by atoms with Crippen LogP contribution in [0.15, 0.2) is 66.7 Å². The van der Waals surface area contributed by atoms with Gasteiger partial charge in [0, 0.05) is 11.4 Å². The fraction of sp³-hybridized carbons (Fsp3) is 0.250. The molecule has 154 valence electrons. The fourth-order valence-corrected chi connectivity index (χ4v) is 5.47. The van der Waals surface area contributed by atoms with Gasteiger partial charge in [-0.1, -0.05) is 67.6 Å². The van der Waals surface area contributed by atoms with Gasteiger partial charge in [0.2, 0.25) is 5.91 Å². The number of fused-ring (bicyclic) bond motifs is 1. The molecule has 0 saturated heterocycles. The van der Waals surface area contributed by atoms with Crippen LogP contribution in [0.3, 0.4) is 0 Å². The molecule has 4 rings (SSSR count). The van der Waals surface area contributed by atoms with Crippen molar-refractivity contribution in [3.8, 4) is 0 Å². The molecular formula is C24H24N2O3S. The number of hydrogen-bond donors (Lipinski definition) is 2. The zero-order valence-corrected chi connectivity index (χ0v) is 17.6. The fourth-order valence-electron chi connectivity index (χ4n) is 4.35. The van der Waals surface area contributed by atoms with Gasteiger partial charge in [-0.15, -0.1) is 11.3 Å². The van der Waals surface area contributed by atoms with Crippen LogP contribution >= 0.6 is 11.3 Å². The van der Waals surface area contributed by atoms with E-state index in [4.69, 9.17) is 5.21 Å². The number of rotatable bonds is 5. The molecule has 1 aromatic heterocycles. The summed E-state index contributed by atoms with van der Waals surface area (Å²) in [5.74, 6) is -0.432. The first-order chi connectivity index (χ1) is 14.6. The van der Waals surface area contributed by atoms with E-state index in [-0.39, 0.29) is 5.91 Å².